The monoisotopic (exact) mass is 313 g/mol. The molecule has 0 saturated heterocycles. The summed E-state index contributed by atoms with van der Waals surface area (Å²) in [6, 6.07) is 12.5. The van der Waals surface area contributed by atoms with Crippen LogP contribution >= 0.6 is 0 Å². The number of carbonyl (C=O) groups is 2. The predicted molar refractivity (Wildman–Crippen MR) is 84.7 cm³/mol. The first-order valence-corrected chi connectivity index (χ1v) is 6.63. The van der Waals surface area contributed by atoms with Gasteiger partial charge in [0.25, 0.3) is 0 Å². The quantitative estimate of drug-likeness (QED) is 0.381. The van der Waals surface area contributed by atoms with Gasteiger partial charge in [-0.1, -0.05) is 12.1 Å². The number of methoxy groups -OCH3 is 1. The van der Waals surface area contributed by atoms with Crippen LogP contribution in [0.3, 0.4) is 0 Å². The summed E-state index contributed by atoms with van der Waals surface area (Å²) in [6.07, 6.45) is 1.38. The van der Waals surface area contributed by atoms with Crippen LogP contribution in [0, 0.1) is 0 Å². The van der Waals surface area contributed by atoms with Crippen LogP contribution in [0.5, 0.6) is 11.5 Å². The van der Waals surface area contributed by atoms with Gasteiger partial charge in [-0.3, -0.25) is 0 Å². The largest absolute Gasteiger partial charge is 0.497 e. The van der Waals surface area contributed by atoms with Crippen molar-refractivity contribution in [3.8, 4) is 11.5 Å². The molecule has 3 N–H and O–H groups in total. The van der Waals surface area contributed by atoms with Gasteiger partial charge in [0.15, 0.2) is 0 Å². The molecule has 2 amide bonds. The Morgan fingerprint density at radius 1 is 1.13 bits per heavy atom. The maximum absolute atomic E-state index is 12.1. The number of esters is 1. The molecular weight excluding hydrogens is 298 g/mol. The Balaban J connectivity index is 2.05. The molecule has 23 heavy (non-hydrogen) atoms. The zero-order valence-corrected chi connectivity index (χ0v) is 12.4. The van der Waals surface area contributed by atoms with Gasteiger partial charge >= 0.3 is 12.0 Å². The number of nitrogens with zero attached hydrogens (tertiary/aromatic N) is 1. The maximum Gasteiger partial charge on any atom is 0.343 e. The van der Waals surface area contributed by atoms with E-state index in [-0.39, 0.29) is 0 Å². The number of ether oxygens (including phenoxy) is 2. The summed E-state index contributed by atoms with van der Waals surface area (Å²) in [4.78, 5) is 22.6. The minimum atomic E-state index is -0.761. The van der Waals surface area contributed by atoms with Crippen LogP contribution in [-0.2, 0) is 0 Å². The second-order valence-electron chi connectivity index (χ2n) is 4.42. The van der Waals surface area contributed by atoms with E-state index in [2.05, 4.69) is 10.5 Å². The van der Waals surface area contributed by atoms with Crippen molar-refractivity contribution in [2.45, 2.75) is 0 Å². The molecule has 2 aromatic rings. The summed E-state index contributed by atoms with van der Waals surface area (Å²) in [7, 11) is 1.55. The van der Waals surface area contributed by atoms with E-state index in [1.165, 1.54) is 6.21 Å². The molecule has 2 aromatic carbocycles. The number of urea groups is 1. The zero-order valence-electron chi connectivity index (χ0n) is 12.4. The smallest absolute Gasteiger partial charge is 0.343 e. The Hall–Kier alpha value is -3.35. The van der Waals surface area contributed by atoms with E-state index in [9.17, 15) is 9.59 Å². The van der Waals surface area contributed by atoms with Crippen molar-refractivity contribution in [1.82, 2.24) is 5.43 Å². The molecule has 0 bridgehead atoms. The van der Waals surface area contributed by atoms with Gasteiger partial charge in [0.05, 0.1) is 18.9 Å². The lowest BCUT2D eigenvalue weighted by Gasteiger charge is -2.06. The van der Waals surface area contributed by atoms with Crippen LogP contribution < -0.4 is 20.6 Å². The average Bonchev–Trinajstić information content (AvgIpc) is 2.55. The molecular formula is C16H15N3O4. The van der Waals surface area contributed by atoms with E-state index in [0.717, 1.165) is 0 Å². The normalized spacial score (nSPS) is 10.3. The number of nitrogens with two attached hydrogens (primary N) is 1. The molecule has 7 nitrogen and oxygen atoms in total. The van der Waals surface area contributed by atoms with Crippen molar-refractivity contribution in [2.75, 3.05) is 7.11 Å². The molecule has 0 unspecified atom stereocenters. The molecule has 0 fully saturated rings. The van der Waals surface area contributed by atoms with E-state index in [1.54, 1.807) is 55.6 Å². The molecule has 0 aliphatic rings. The number of carbonyl (C=O) groups excluding carboxylic acids is 2. The summed E-state index contributed by atoms with van der Waals surface area (Å²) in [5, 5.41) is 3.63. The SMILES string of the molecule is COc1ccc(C(=O)Oc2cccc(/C=N/NC(N)=O)c2)cc1. The molecule has 0 heterocycles. The molecule has 0 aliphatic heterocycles. The third kappa shape index (κ3) is 4.85. The van der Waals surface area contributed by atoms with Crippen LogP contribution in [0.15, 0.2) is 53.6 Å². The topological polar surface area (TPSA) is 103 Å². The Labute approximate surface area is 132 Å². The van der Waals surface area contributed by atoms with Gasteiger partial charge in [-0.25, -0.2) is 15.0 Å². The predicted octanol–water partition coefficient (Wildman–Crippen LogP) is 1.92. The van der Waals surface area contributed by atoms with Crippen LogP contribution in [0.25, 0.3) is 0 Å². The fourth-order valence-corrected chi connectivity index (χ4v) is 1.72. The molecule has 118 valence electrons. The van der Waals surface area contributed by atoms with Gasteiger partial charge in [0.1, 0.15) is 11.5 Å². The highest BCUT2D eigenvalue weighted by atomic mass is 16.5. The van der Waals surface area contributed by atoms with Crippen molar-refractivity contribution in [3.63, 3.8) is 0 Å². The fraction of sp³-hybridized carbons (Fsp3) is 0.0625. The minimum Gasteiger partial charge on any atom is -0.497 e. The number of hydrogen-bond donors (Lipinski definition) is 2. The van der Waals surface area contributed by atoms with Gasteiger partial charge in [0.2, 0.25) is 0 Å². The number of benzene rings is 2. The molecule has 0 saturated carbocycles. The van der Waals surface area contributed by atoms with E-state index in [1.807, 2.05) is 0 Å². The van der Waals surface area contributed by atoms with E-state index >= 15 is 0 Å². The molecule has 0 spiro atoms. The van der Waals surface area contributed by atoms with Gasteiger partial charge in [-0.15, -0.1) is 0 Å². The third-order valence-corrected chi connectivity index (χ3v) is 2.78. The van der Waals surface area contributed by atoms with Crippen molar-refractivity contribution < 1.29 is 19.1 Å². The van der Waals surface area contributed by atoms with Crippen molar-refractivity contribution in [3.05, 3.63) is 59.7 Å². The number of amides is 2. The van der Waals surface area contributed by atoms with Crippen molar-refractivity contribution in [1.29, 1.82) is 0 Å². The summed E-state index contributed by atoms with van der Waals surface area (Å²) >= 11 is 0. The van der Waals surface area contributed by atoms with Gasteiger partial charge in [-0.2, -0.15) is 5.10 Å². The number of nitrogens with one attached hydrogen (secondary N) is 1. The lowest BCUT2D eigenvalue weighted by atomic mass is 10.2. The van der Waals surface area contributed by atoms with Crippen LogP contribution in [-0.4, -0.2) is 25.3 Å². The third-order valence-electron chi connectivity index (χ3n) is 2.78. The van der Waals surface area contributed by atoms with Crippen LogP contribution in [0.4, 0.5) is 4.79 Å². The molecule has 2 rings (SSSR count). The van der Waals surface area contributed by atoms with Crippen LogP contribution in [0.2, 0.25) is 0 Å². The van der Waals surface area contributed by atoms with Gasteiger partial charge in [0, 0.05) is 0 Å². The first-order chi connectivity index (χ1) is 11.1. The average molecular weight is 313 g/mol. The Morgan fingerprint density at radius 2 is 1.87 bits per heavy atom. The van der Waals surface area contributed by atoms with E-state index in [0.29, 0.717) is 22.6 Å². The first kappa shape index (κ1) is 16.0. The summed E-state index contributed by atoms with van der Waals surface area (Å²) in [5.74, 6) is 0.521. The first-order valence-electron chi connectivity index (χ1n) is 6.63. The zero-order chi connectivity index (χ0) is 16.7. The molecule has 0 aromatic heterocycles. The highest BCUT2D eigenvalue weighted by Gasteiger charge is 2.08. The highest BCUT2D eigenvalue weighted by molar-refractivity contribution is 5.91. The number of primary amides is 1. The van der Waals surface area contributed by atoms with Gasteiger partial charge < -0.3 is 15.2 Å². The van der Waals surface area contributed by atoms with E-state index in [4.69, 9.17) is 15.2 Å². The highest BCUT2D eigenvalue weighted by Crippen LogP contribution is 2.16. The van der Waals surface area contributed by atoms with Crippen molar-refractivity contribution >= 4 is 18.2 Å². The molecule has 0 radical (unpaired) electrons. The fourth-order valence-electron chi connectivity index (χ4n) is 1.72. The molecule has 7 heteroatoms. The maximum atomic E-state index is 12.1. The minimum absolute atomic E-state index is 0.355. The Morgan fingerprint density at radius 3 is 2.52 bits per heavy atom. The van der Waals surface area contributed by atoms with Crippen molar-refractivity contribution in [2.24, 2.45) is 10.8 Å². The lowest BCUT2D eigenvalue weighted by molar-refractivity contribution is 0.0734. The number of rotatable bonds is 5. The standard InChI is InChI=1S/C16H15N3O4/c1-22-13-7-5-12(6-8-13)15(20)23-14-4-2-3-11(9-14)10-18-19-16(17)21/h2-10H,1H3,(H3,17,19,21)/b18-10+. The summed E-state index contributed by atoms with van der Waals surface area (Å²) in [5.41, 5.74) is 8.02. The number of hydrogen-bond acceptors (Lipinski definition) is 5. The second-order valence-corrected chi connectivity index (χ2v) is 4.42. The van der Waals surface area contributed by atoms with Crippen LogP contribution in [0.1, 0.15) is 15.9 Å². The second kappa shape index (κ2) is 7.60. The summed E-state index contributed by atoms with van der Waals surface area (Å²) < 4.78 is 10.3. The summed E-state index contributed by atoms with van der Waals surface area (Å²) in [6.45, 7) is 0. The Kier molecular flexibility index (Phi) is 5.30. The van der Waals surface area contributed by atoms with Gasteiger partial charge in [-0.05, 0) is 42.0 Å². The lowest BCUT2D eigenvalue weighted by Crippen LogP contribution is -2.24. The molecule has 0 aliphatic carbocycles. The Bertz CT molecular complexity index is 726. The van der Waals surface area contributed by atoms with E-state index < -0.39 is 12.0 Å². The molecule has 0 atom stereocenters. The number of hydrazone groups is 1.